The van der Waals surface area contributed by atoms with Crippen LogP contribution in [-0.2, 0) is 14.4 Å². The highest BCUT2D eigenvalue weighted by Gasteiger charge is 2.33. The smallest absolute Gasteiger partial charge is 0.359 e. The van der Waals surface area contributed by atoms with E-state index in [0.29, 0.717) is 6.42 Å². The molecule has 0 amide bonds. The quantitative estimate of drug-likeness (QED) is 0.231. The number of quaternary nitrogens is 1. The number of hydrogen-bond acceptors (Lipinski definition) is 4. The van der Waals surface area contributed by atoms with Crippen molar-refractivity contribution >= 4 is 17.9 Å². The number of carbonyl (C=O) groups excluding carboxylic acids is 1. The second-order valence-electron chi connectivity index (χ2n) is 6.60. The molecule has 0 heterocycles. The lowest BCUT2D eigenvalue weighted by molar-refractivity contribution is -0.909. The highest BCUT2D eigenvalue weighted by Crippen LogP contribution is 2.14. The third kappa shape index (κ3) is 13.1. The third-order valence-corrected chi connectivity index (χ3v) is 4.20. The second kappa shape index (κ2) is 13.4. The molecule has 0 aliphatic rings. The minimum atomic E-state index is -1.43. The van der Waals surface area contributed by atoms with Crippen molar-refractivity contribution in [2.24, 2.45) is 0 Å². The molecule has 0 saturated carbocycles. The summed E-state index contributed by atoms with van der Waals surface area (Å²) < 4.78 is -0.505. The molecule has 0 bridgehead atoms. The van der Waals surface area contributed by atoms with Gasteiger partial charge in [0, 0.05) is 0 Å². The summed E-state index contributed by atoms with van der Waals surface area (Å²) in [6.07, 6.45) is 11.1. The van der Waals surface area contributed by atoms with Crippen molar-refractivity contribution in [2.75, 3.05) is 26.2 Å². The van der Waals surface area contributed by atoms with E-state index in [1.54, 1.807) is 0 Å². The number of carboxylic acids is 3. The minimum Gasteiger partial charge on any atom is -0.544 e. The molecule has 0 atom stereocenters. The zero-order valence-electron chi connectivity index (χ0n) is 15.0. The molecular weight excluding hydrogens is 326 g/mol. The van der Waals surface area contributed by atoms with Gasteiger partial charge in [-0.3, -0.25) is 0 Å². The van der Waals surface area contributed by atoms with Gasteiger partial charge in [0.05, 0.1) is 12.5 Å². The highest BCUT2D eigenvalue weighted by atomic mass is 16.4. The number of rotatable bonds is 17. The van der Waals surface area contributed by atoms with Crippen LogP contribution in [0.25, 0.3) is 0 Å². The molecule has 0 saturated heterocycles. The lowest BCUT2D eigenvalue weighted by Gasteiger charge is -2.36. The molecule has 7 heteroatoms. The van der Waals surface area contributed by atoms with Crippen LogP contribution in [0.3, 0.4) is 0 Å². The summed E-state index contributed by atoms with van der Waals surface area (Å²) in [5, 5.41) is 29.0. The summed E-state index contributed by atoms with van der Waals surface area (Å²) >= 11 is 0. The minimum absolute atomic E-state index is 0.214. The molecule has 7 nitrogen and oxygen atoms in total. The van der Waals surface area contributed by atoms with E-state index in [1.165, 1.54) is 12.8 Å². The summed E-state index contributed by atoms with van der Waals surface area (Å²) in [6.45, 7) is 2.26. The second-order valence-corrected chi connectivity index (χ2v) is 6.60. The summed E-state index contributed by atoms with van der Waals surface area (Å²) in [4.78, 5) is 33.0. The molecule has 0 aliphatic carbocycles. The van der Waals surface area contributed by atoms with Crippen LogP contribution in [0.4, 0.5) is 0 Å². The lowest BCUT2D eigenvalue weighted by atomic mass is 10.1. The maximum absolute atomic E-state index is 11.0. The molecule has 144 valence electrons. The van der Waals surface area contributed by atoms with Crippen LogP contribution in [-0.4, -0.2) is 58.8 Å². The topological polar surface area (TPSA) is 115 Å². The summed E-state index contributed by atoms with van der Waals surface area (Å²) in [5.74, 6) is -3.84. The van der Waals surface area contributed by atoms with E-state index in [-0.39, 0.29) is 6.54 Å². The van der Waals surface area contributed by atoms with E-state index in [9.17, 15) is 19.5 Å². The summed E-state index contributed by atoms with van der Waals surface area (Å²) in [7, 11) is 0. The van der Waals surface area contributed by atoms with Crippen LogP contribution in [0, 0.1) is 0 Å². The molecule has 0 aromatic rings. The number of nitrogens with zero attached hydrogens (tertiary/aromatic N) is 1. The molecule has 25 heavy (non-hydrogen) atoms. The Kier molecular flexibility index (Phi) is 12.4. The average Bonchev–Trinajstić information content (AvgIpc) is 2.47. The standard InChI is InChI=1S/C18H31NO6/c1-2-3-4-5-6-7-8-9-10-11-12-19(13-16(20)21,14-17(22)23)15-18(24)25/h2H,1,3-15H2,(H2-,20,21,22,23,24,25). The molecular formula is C18H31NO6. The first-order valence-electron chi connectivity index (χ1n) is 8.91. The summed E-state index contributed by atoms with van der Waals surface area (Å²) in [5.41, 5.74) is 0. The van der Waals surface area contributed by atoms with Crippen molar-refractivity contribution in [2.45, 2.75) is 57.8 Å². The van der Waals surface area contributed by atoms with E-state index in [4.69, 9.17) is 10.2 Å². The Morgan fingerprint density at radius 2 is 1.24 bits per heavy atom. The van der Waals surface area contributed by atoms with Gasteiger partial charge in [0.2, 0.25) is 0 Å². The Hall–Kier alpha value is -1.89. The highest BCUT2D eigenvalue weighted by molar-refractivity contribution is 5.72. The van der Waals surface area contributed by atoms with E-state index in [2.05, 4.69) is 6.58 Å². The van der Waals surface area contributed by atoms with Crippen molar-refractivity contribution < 1.29 is 34.2 Å². The van der Waals surface area contributed by atoms with Gasteiger partial charge in [-0.1, -0.05) is 38.2 Å². The number of hydrogen-bond donors (Lipinski definition) is 2. The van der Waals surface area contributed by atoms with Crippen LogP contribution in [0.15, 0.2) is 12.7 Å². The van der Waals surface area contributed by atoms with Crippen molar-refractivity contribution in [3.05, 3.63) is 12.7 Å². The van der Waals surface area contributed by atoms with Crippen molar-refractivity contribution in [1.29, 1.82) is 0 Å². The number of carbonyl (C=O) groups is 3. The maximum Gasteiger partial charge on any atom is 0.359 e. The molecule has 0 radical (unpaired) electrons. The molecule has 2 N–H and O–H groups in total. The van der Waals surface area contributed by atoms with Crippen molar-refractivity contribution in [1.82, 2.24) is 0 Å². The van der Waals surface area contributed by atoms with Gasteiger partial charge in [-0.05, 0) is 25.7 Å². The van der Waals surface area contributed by atoms with Crippen LogP contribution in [0.2, 0.25) is 0 Å². The third-order valence-electron chi connectivity index (χ3n) is 4.20. The normalized spacial score (nSPS) is 11.2. The summed E-state index contributed by atoms with van der Waals surface area (Å²) in [6, 6.07) is 0. The molecule has 0 aliphatic heterocycles. The first kappa shape index (κ1) is 23.1. The fourth-order valence-corrected chi connectivity index (χ4v) is 3.05. The van der Waals surface area contributed by atoms with Gasteiger partial charge in [-0.25, -0.2) is 9.59 Å². The van der Waals surface area contributed by atoms with E-state index in [0.717, 1.165) is 38.5 Å². The van der Waals surface area contributed by atoms with Crippen LogP contribution < -0.4 is 5.11 Å². The van der Waals surface area contributed by atoms with Gasteiger partial charge < -0.3 is 24.6 Å². The van der Waals surface area contributed by atoms with Crippen LogP contribution >= 0.6 is 0 Å². The SMILES string of the molecule is C=CCCCCCCCCCC[N+](CC(=O)[O-])(CC(=O)O)CC(=O)O. The number of carboxylic acid groups (broad SMARTS) is 3. The van der Waals surface area contributed by atoms with Crippen LogP contribution in [0.5, 0.6) is 0 Å². The van der Waals surface area contributed by atoms with Gasteiger partial charge >= 0.3 is 11.9 Å². The number of aliphatic carboxylic acids is 3. The van der Waals surface area contributed by atoms with Crippen LogP contribution in [0.1, 0.15) is 57.8 Å². The van der Waals surface area contributed by atoms with E-state index in [1.807, 2.05) is 6.08 Å². The van der Waals surface area contributed by atoms with Crippen molar-refractivity contribution in [3.63, 3.8) is 0 Å². The molecule has 0 rings (SSSR count). The lowest BCUT2D eigenvalue weighted by Crippen LogP contribution is -2.59. The Morgan fingerprint density at radius 3 is 1.64 bits per heavy atom. The Balaban J connectivity index is 4.24. The first-order chi connectivity index (χ1) is 11.8. The average molecular weight is 357 g/mol. The number of unbranched alkanes of at least 4 members (excludes halogenated alkanes) is 8. The van der Waals surface area contributed by atoms with Gasteiger partial charge in [0.25, 0.3) is 0 Å². The van der Waals surface area contributed by atoms with Gasteiger partial charge in [0.1, 0.15) is 6.54 Å². The van der Waals surface area contributed by atoms with Gasteiger partial charge in [-0.2, -0.15) is 0 Å². The maximum atomic E-state index is 11.0. The molecule has 0 spiro atoms. The first-order valence-corrected chi connectivity index (χ1v) is 8.91. The fraction of sp³-hybridized carbons (Fsp3) is 0.722. The molecule has 0 fully saturated rings. The van der Waals surface area contributed by atoms with Gasteiger partial charge in [0.15, 0.2) is 13.1 Å². The molecule has 0 unspecified atom stereocenters. The monoisotopic (exact) mass is 357 g/mol. The fourth-order valence-electron chi connectivity index (χ4n) is 3.05. The predicted molar refractivity (Wildman–Crippen MR) is 91.8 cm³/mol. The van der Waals surface area contributed by atoms with E-state index >= 15 is 0 Å². The molecule has 0 aromatic carbocycles. The number of allylic oxidation sites excluding steroid dienone is 1. The zero-order chi connectivity index (χ0) is 19.1. The zero-order valence-corrected chi connectivity index (χ0v) is 15.0. The molecule has 0 aromatic heterocycles. The predicted octanol–water partition coefficient (Wildman–Crippen LogP) is 1.42. The Labute approximate surface area is 149 Å². The van der Waals surface area contributed by atoms with Crippen molar-refractivity contribution in [3.8, 4) is 0 Å². The van der Waals surface area contributed by atoms with E-state index < -0.39 is 42.0 Å². The Morgan fingerprint density at radius 1 is 0.800 bits per heavy atom. The van der Waals surface area contributed by atoms with Gasteiger partial charge in [-0.15, -0.1) is 6.58 Å². The largest absolute Gasteiger partial charge is 0.544 e. The Bertz CT molecular complexity index is 394.